The number of hydrogen-bond donors (Lipinski definition) is 1. The molecule has 0 aliphatic heterocycles. The standard InChI is InChI=1S/C24H23NO3/c1-17-10-6-9-15-22(17)25-23(26)18(2)28-24(27)21-14-8-7-13-20(21)16-19-11-4-3-5-12-19/h3-15,18H,16H2,1-2H3,(H,25,26)/t18-/m1/s1. The Labute approximate surface area is 165 Å². The summed E-state index contributed by atoms with van der Waals surface area (Å²) in [4.78, 5) is 25.1. The molecule has 0 aliphatic rings. The van der Waals surface area contributed by atoms with Crippen LogP contribution in [-0.4, -0.2) is 18.0 Å². The monoisotopic (exact) mass is 373 g/mol. The first-order chi connectivity index (χ1) is 13.5. The Morgan fingerprint density at radius 2 is 1.54 bits per heavy atom. The molecule has 1 amide bonds. The van der Waals surface area contributed by atoms with Crippen molar-refractivity contribution in [3.05, 3.63) is 101 Å². The summed E-state index contributed by atoms with van der Waals surface area (Å²) in [5, 5.41) is 2.81. The Morgan fingerprint density at radius 1 is 0.893 bits per heavy atom. The van der Waals surface area contributed by atoms with Crippen molar-refractivity contribution in [1.29, 1.82) is 0 Å². The average Bonchev–Trinajstić information content (AvgIpc) is 2.70. The van der Waals surface area contributed by atoms with E-state index in [4.69, 9.17) is 4.74 Å². The summed E-state index contributed by atoms with van der Waals surface area (Å²) in [5.41, 5.74) is 4.10. The van der Waals surface area contributed by atoms with Gasteiger partial charge in [-0.25, -0.2) is 4.79 Å². The van der Waals surface area contributed by atoms with Crippen LogP contribution in [0, 0.1) is 6.92 Å². The Kier molecular flexibility index (Phi) is 6.22. The van der Waals surface area contributed by atoms with E-state index < -0.39 is 12.1 Å². The Bertz CT molecular complexity index is 966. The maximum atomic E-state index is 12.7. The number of para-hydroxylation sites is 1. The van der Waals surface area contributed by atoms with E-state index >= 15 is 0 Å². The third-order valence-corrected chi connectivity index (χ3v) is 4.53. The first kappa shape index (κ1) is 19.4. The number of anilines is 1. The van der Waals surface area contributed by atoms with Crippen LogP contribution in [0.4, 0.5) is 5.69 Å². The lowest BCUT2D eigenvalue weighted by atomic mass is 10.00. The molecular weight excluding hydrogens is 350 g/mol. The number of amides is 1. The summed E-state index contributed by atoms with van der Waals surface area (Å²) >= 11 is 0. The topological polar surface area (TPSA) is 55.4 Å². The number of ether oxygens (including phenoxy) is 1. The summed E-state index contributed by atoms with van der Waals surface area (Å²) in [7, 11) is 0. The van der Waals surface area contributed by atoms with Crippen LogP contribution in [0.5, 0.6) is 0 Å². The maximum Gasteiger partial charge on any atom is 0.339 e. The molecule has 0 spiro atoms. The van der Waals surface area contributed by atoms with E-state index in [1.807, 2.05) is 73.7 Å². The van der Waals surface area contributed by atoms with Crippen molar-refractivity contribution in [1.82, 2.24) is 0 Å². The lowest BCUT2D eigenvalue weighted by Crippen LogP contribution is -2.30. The summed E-state index contributed by atoms with van der Waals surface area (Å²) in [6, 6.07) is 24.7. The Hall–Kier alpha value is -3.40. The molecule has 0 unspecified atom stereocenters. The minimum atomic E-state index is -0.906. The molecule has 0 saturated heterocycles. The number of esters is 1. The van der Waals surface area contributed by atoms with E-state index in [0.717, 1.165) is 16.7 Å². The first-order valence-electron chi connectivity index (χ1n) is 9.24. The number of carbonyl (C=O) groups excluding carboxylic acids is 2. The van der Waals surface area contributed by atoms with Crippen molar-refractivity contribution < 1.29 is 14.3 Å². The van der Waals surface area contributed by atoms with Gasteiger partial charge in [-0.05, 0) is 49.1 Å². The predicted octanol–water partition coefficient (Wildman–Crippen LogP) is 4.77. The highest BCUT2D eigenvalue weighted by molar-refractivity contribution is 5.98. The van der Waals surface area contributed by atoms with Crippen LogP contribution in [0.2, 0.25) is 0 Å². The van der Waals surface area contributed by atoms with E-state index in [2.05, 4.69) is 5.32 Å². The molecule has 1 atom stereocenters. The molecule has 142 valence electrons. The van der Waals surface area contributed by atoms with Crippen molar-refractivity contribution in [2.24, 2.45) is 0 Å². The van der Waals surface area contributed by atoms with Crippen molar-refractivity contribution in [3.63, 3.8) is 0 Å². The summed E-state index contributed by atoms with van der Waals surface area (Å²) in [6.07, 6.45) is -0.285. The largest absolute Gasteiger partial charge is 0.449 e. The number of aryl methyl sites for hydroxylation is 1. The van der Waals surface area contributed by atoms with Crippen LogP contribution in [0.3, 0.4) is 0 Å². The van der Waals surface area contributed by atoms with Gasteiger partial charge in [0.2, 0.25) is 0 Å². The number of nitrogens with one attached hydrogen (secondary N) is 1. The van der Waals surface area contributed by atoms with Crippen LogP contribution in [0.1, 0.15) is 34.0 Å². The van der Waals surface area contributed by atoms with Crippen molar-refractivity contribution in [2.45, 2.75) is 26.4 Å². The number of rotatable bonds is 6. The molecule has 0 bridgehead atoms. The molecule has 0 radical (unpaired) electrons. The van der Waals surface area contributed by atoms with Crippen LogP contribution in [0.25, 0.3) is 0 Å². The van der Waals surface area contributed by atoms with E-state index in [0.29, 0.717) is 17.7 Å². The van der Waals surface area contributed by atoms with Gasteiger partial charge in [-0.15, -0.1) is 0 Å². The molecule has 28 heavy (non-hydrogen) atoms. The molecule has 0 heterocycles. The number of benzene rings is 3. The fraction of sp³-hybridized carbons (Fsp3) is 0.167. The molecule has 0 fully saturated rings. The fourth-order valence-corrected chi connectivity index (χ4v) is 2.91. The summed E-state index contributed by atoms with van der Waals surface area (Å²) in [5.74, 6) is -0.859. The van der Waals surface area contributed by atoms with Crippen molar-refractivity contribution in [3.8, 4) is 0 Å². The second-order valence-electron chi connectivity index (χ2n) is 6.67. The van der Waals surface area contributed by atoms with E-state index in [-0.39, 0.29) is 5.91 Å². The van der Waals surface area contributed by atoms with Gasteiger partial charge in [-0.1, -0.05) is 66.7 Å². The third-order valence-electron chi connectivity index (χ3n) is 4.53. The van der Waals surface area contributed by atoms with Crippen molar-refractivity contribution >= 4 is 17.6 Å². The summed E-state index contributed by atoms with van der Waals surface area (Å²) in [6.45, 7) is 3.48. The van der Waals surface area contributed by atoms with Gasteiger partial charge in [0.1, 0.15) is 0 Å². The quantitative estimate of drug-likeness (QED) is 0.633. The SMILES string of the molecule is Cc1ccccc1NC(=O)[C@@H](C)OC(=O)c1ccccc1Cc1ccccc1. The molecule has 4 heteroatoms. The number of hydrogen-bond acceptors (Lipinski definition) is 3. The second-order valence-corrected chi connectivity index (χ2v) is 6.67. The van der Waals surface area contributed by atoms with Gasteiger partial charge >= 0.3 is 5.97 Å². The normalized spacial score (nSPS) is 11.5. The smallest absolute Gasteiger partial charge is 0.339 e. The Morgan fingerprint density at radius 3 is 2.29 bits per heavy atom. The molecule has 3 rings (SSSR count). The van der Waals surface area contributed by atoms with Gasteiger partial charge in [0.25, 0.3) is 5.91 Å². The molecule has 0 saturated carbocycles. The zero-order chi connectivity index (χ0) is 19.9. The first-order valence-corrected chi connectivity index (χ1v) is 9.24. The molecule has 3 aromatic carbocycles. The van der Waals surface area contributed by atoms with Crippen molar-refractivity contribution in [2.75, 3.05) is 5.32 Å². The van der Waals surface area contributed by atoms with Gasteiger partial charge in [0, 0.05) is 5.69 Å². The highest BCUT2D eigenvalue weighted by Gasteiger charge is 2.21. The second kappa shape index (κ2) is 9.00. The van der Waals surface area contributed by atoms with Gasteiger partial charge in [0.15, 0.2) is 6.10 Å². The van der Waals surface area contributed by atoms with Gasteiger partial charge in [-0.2, -0.15) is 0 Å². The minimum absolute atomic E-state index is 0.358. The van der Waals surface area contributed by atoms with Gasteiger partial charge in [-0.3, -0.25) is 4.79 Å². The Balaban J connectivity index is 1.69. The highest BCUT2D eigenvalue weighted by atomic mass is 16.5. The molecular formula is C24H23NO3. The lowest BCUT2D eigenvalue weighted by molar-refractivity contribution is -0.123. The van der Waals surface area contributed by atoms with E-state index in [1.54, 1.807) is 19.1 Å². The zero-order valence-corrected chi connectivity index (χ0v) is 16.0. The third kappa shape index (κ3) is 4.86. The minimum Gasteiger partial charge on any atom is -0.449 e. The van der Waals surface area contributed by atoms with Crippen LogP contribution < -0.4 is 5.32 Å². The fourth-order valence-electron chi connectivity index (χ4n) is 2.91. The van der Waals surface area contributed by atoms with Crippen LogP contribution in [0.15, 0.2) is 78.9 Å². The number of carbonyl (C=O) groups is 2. The van der Waals surface area contributed by atoms with Crippen LogP contribution >= 0.6 is 0 Å². The van der Waals surface area contributed by atoms with Gasteiger partial charge < -0.3 is 10.1 Å². The molecule has 0 aromatic heterocycles. The molecule has 1 N–H and O–H groups in total. The van der Waals surface area contributed by atoms with Gasteiger partial charge in [0.05, 0.1) is 5.56 Å². The lowest BCUT2D eigenvalue weighted by Gasteiger charge is -2.16. The maximum absolute atomic E-state index is 12.7. The average molecular weight is 373 g/mol. The molecule has 3 aromatic rings. The predicted molar refractivity (Wildman–Crippen MR) is 110 cm³/mol. The molecule has 4 nitrogen and oxygen atoms in total. The molecule has 0 aliphatic carbocycles. The van der Waals surface area contributed by atoms with E-state index in [1.165, 1.54) is 0 Å². The summed E-state index contributed by atoms with van der Waals surface area (Å²) < 4.78 is 5.44. The zero-order valence-electron chi connectivity index (χ0n) is 16.0. The highest BCUT2D eigenvalue weighted by Crippen LogP contribution is 2.17. The van der Waals surface area contributed by atoms with Crippen LogP contribution in [-0.2, 0) is 16.0 Å². The van der Waals surface area contributed by atoms with E-state index in [9.17, 15) is 9.59 Å².